The van der Waals surface area contributed by atoms with E-state index in [-0.39, 0.29) is 11.4 Å². The van der Waals surface area contributed by atoms with Crippen LogP contribution in [-0.2, 0) is 32.3 Å². The van der Waals surface area contributed by atoms with Crippen molar-refractivity contribution >= 4 is 50.7 Å². The van der Waals surface area contributed by atoms with E-state index in [0.717, 1.165) is 22.6 Å². The van der Waals surface area contributed by atoms with E-state index >= 15 is 0 Å². The van der Waals surface area contributed by atoms with E-state index in [2.05, 4.69) is 5.32 Å². The van der Waals surface area contributed by atoms with Crippen LogP contribution < -0.4 is 9.62 Å². The number of nitrogens with zero attached hydrogens (tertiary/aromatic N) is 2. The van der Waals surface area contributed by atoms with Gasteiger partial charge >= 0.3 is 6.18 Å². The summed E-state index contributed by atoms with van der Waals surface area (Å²) in [5, 5.41) is 2.46. The van der Waals surface area contributed by atoms with Crippen molar-refractivity contribution in [2.45, 2.75) is 63.8 Å². The van der Waals surface area contributed by atoms with Gasteiger partial charge in [0.1, 0.15) is 12.6 Å². The first-order chi connectivity index (χ1) is 19.8. The van der Waals surface area contributed by atoms with Crippen LogP contribution in [-0.4, -0.2) is 43.3 Å². The first kappa shape index (κ1) is 34.2. The Labute approximate surface area is 259 Å². The number of benzene rings is 3. The Bertz CT molecular complexity index is 1590. The Hall–Kier alpha value is -3.28. The van der Waals surface area contributed by atoms with Crippen LogP contribution in [0.3, 0.4) is 0 Å². The van der Waals surface area contributed by atoms with Gasteiger partial charge < -0.3 is 10.2 Å². The van der Waals surface area contributed by atoms with Crippen molar-refractivity contribution in [1.29, 1.82) is 0 Å². The number of aryl methyl sites for hydroxylation is 1. The fraction of sp³-hybridized carbons (Fsp3) is 0.333. The van der Waals surface area contributed by atoms with Gasteiger partial charge in [0.05, 0.1) is 21.2 Å². The average Bonchev–Trinajstić information content (AvgIpc) is 2.89. The van der Waals surface area contributed by atoms with Crippen LogP contribution in [0.25, 0.3) is 0 Å². The summed E-state index contributed by atoms with van der Waals surface area (Å²) in [6.07, 6.45) is -4.90. The third kappa shape index (κ3) is 8.64. The molecule has 1 N–H and O–H groups in total. The minimum Gasteiger partial charge on any atom is -0.350 e. The van der Waals surface area contributed by atoms with Crippen molar-refractivity contribution in [3.8, 4) is 0 Å². The number of hydrogen-bond donors (Lipinski definition) is 1. The molecule has 0 bridgehead atoms. The maximum atomic E-state index is 14.0. The van der Waals surface area contributed by atoms with Crippen molar-refractivity contribution < 1.29 is 31.2 Å². The summed E-state index contributed by atoms with van der Waals surface area (Å²) in [7, 11) is -4.58. The van der Waals surface area contributed by atoms with Gasteiger partial charge in [0.2, 0.25) is 11.8 Å². The van der Waals surface area contributed by atoms with Crippen LogP contribution in [0, 0.1) is 6.92 Å². The molecule has 1 atom stereocenters. The molecule has 0 saturated heterocycles. The topological polar surface area (TPSA) is 86.8 Å². The molecule has 0 saturated carbocycles. The third-order valence-corrected chi connectivity index (χ3v) is 8.88. The molecule has 0 aliphatic heterocycles. The van der Waals surface area contributed by atoms with Crippen LogP contribution in [0.2, 0.25) is 10.0 Å². The van der Waals surface area contributed by atoms with E-state index < -0.39 is 62.4 Å². The monoisotopic (exact) mass is 657 g/mol. The van der Waals surface area contributed by atoms with E-state index in [4.69, 9.17) is 23.2 Å². The number of sulfonamides is 1. The van der Waals surface area contributed by atoms with Crippen molar-refractivity contribution in [3.05, 3.63) is 93.5 Å². The SMILES string of the molecule is Cc1ccc(S(=O)(=O)N(CC(=O)N(Cc2ccccc2Cl)[C@H](C)C(=O)NC(C)(C)C)c2ccc(Cl)c(C(F)(F)F)c2)cc1. The number of amides is 2. The number of anilines is 1. The summed E-state index contributed by atoms with van der Waals surface area (Å²) < 4.78 is 69.7. The summed E-state index contributed by atoms with van der Waals surface area (Å²) >= 11 is 12.1. The van der Waals surface area contributed by atoms with E-state index in [1.54, 1.807) is 52.0 Å². The molecule has 13 heteroatoms. The molecule has 3 aromatic rings. The Morgan fingerprint density at radius 2 is 1.53 bits per heavy atom. The zero-order valence-electron chi connectivity index (χ0n) is 24.2. The van der Waals surface area contributed by atoms with Crippen molar-refractivity contribution in [2.75, 3.05) is 10.8 Å². The molecule has 0 spiro atoms. The lowest BCUT2D eigenvalue weighted by Gasteiger charge is -2.33. The highest BCUT2D eigenvalue weighted by Crippen LogP contribution is 2.38. The Morgan fingerprint density at radius 1 is 0.930 bits per heavy atom. The minimum absolute atomic E-state index is 0.177. The third-order valence-electron chi connectivity index (χ3n) is 6.40. The van der Waals surface area contributed by atoms with Gasteiger partial charge in [-0.05, 0) is 76.6 Å². The van der Waals surface area contributed by atoms with Gasteiger partial charge in [0.15, 0.2) is 0 Å². The maximum absolute atomic E-state index is 14.0. The fourth-order valence-corrected chi connectivity index (χ4v) is 5.94. The quantitative estimate of drug-likeness (QED) is 0.273. The molecular formula is C30H32Cl2F3N3O4S. The molecule has 0 heterocycles. The largest absolute Gasteiger partial charge is 0.417 e. The standard InChI is InChI=1S/C30H32Cl2F3N3O4S/c1-19-10-13-23(14-11-19)43(41,42)38(22-12-15-26(32)24(16-22)30(33,34)35)18-27(39)37(17-21-8-6-7-9-25(21)31)20(2)28(40)36-29(3,4)5/h6-16,20H,17-18H2,1-5H3,(H,36,40)/t20-/m1/s1. The molecule has 232 valence electrons. The zero-order chi connectivity index (χ0) is 32.3. The number of halogens is 5. The molecule has 2 amide bonds. The summed E-state index contributed by atoms with van der Waals surface area (Å²) in [5.41, 5.74) is -1.13. The van der Waals surface area contributed by atoms with E-state index in [1.165, 1.54) is 31.2 Å². The number of nitrogens with one attached hydrogen (secondary N) is 1. The highest BCUT2D eigenvalue weighted by Gasteiger charge is 2.37. The lowest BCUT2D eigenvalue weighted by molar-refractivity contribution is -0.140. The van der Waals surface area contributed by atoms with Crippen LogP contribution in [0.15, 0.2) is 71.6 Å². The number of carbonyl (C=O) groups is 2. The Kier molecular flexibility index (Phi) is 10.5. The highest BCUT2D eigenvalue weighted by molar-refractivity contribution is 7.92. The zero-order valence-corrected chi connectivity index (χ0v) is 26.5. The molecule has 3 aromatic carbocycles. The fourth-order valence-electron chi connectivity index (χ4n) is 4.12. The molecule has 0 fully saturated rings. The highest BCUT2D eigenvalue weighted by atomic mass is 35.5. The molecule has 0 unspecified atom stereocenters. The molecule has 0 aliphatic rings. The Balaban J connectivity index is 2.14. The number of rotatable bonds is 9. The van der Waals surface area contributed by atoms with Crippen LogP contribution in [0.5, 0.6) is 0 Å². The first-order valence-corrected chi connectivity index (χ1v) is 15.3. The average molecular weight is 659 g/mol. The smallest absolute Gasteiger partial charge is 0.350 e. The van der Waals surface area contributed by atoms with Gasteiger partial charge in [-0.15, -0.1) is 0 Å². The predicted molar refractivity (Wildman–Crippen MR) is 162 cm³/mol. The second-order valence-electron chi connectivity index (χ2n) is 11.0. The van der Waals surface area contributed by atoms with Gasteiger partial charge in [-0.1, -0.05) is 59.1 Å². The molecule has 0 aromatic heterocycles. The maximum Gasteiger partial charge on any atom is 0.417 e. The van der Waals surface area contributed by atoms with Crippen LogP contribution in [0.4, 0.5) is 18.9 Å². The summed E-state index contributed by atoms with van der Waals surface area (Å²) in [4.78, 5) is 28.0. The summed E-state index contributed by atoms with van der Waals surface area (Å²) in [6, 6.07) is 13.7. The molecule has 0 aliphatic carbocycles. The summed E-state index contributed by atoms with van der Waals surface area (Å²) in [6.45, 7) is 7.38. The Morgan fingerprint density at radius 3 is 2.09 bits per heavy atom. The van der Waals surface area contributed by atoms with Gasteiger partial charge in [0, 0.05) is 17.1 Å². The number of hydrogen-bond acceptors (Lipinski definition) is 4. The normalized spacial score (nSPS) is 12.9. The molecule has 43 heavy (non-hydrogen) atoms. The van der Waals surface area contributed by atoms with Gasteiger partial charge in [-0.25, -0.2) is 8.42 Å². The lowest BCUT2D eigenvalue weighted by atomic mass is 10.1. The molecule has 0 radical (unpaired) electrons. The molecule has 3 rings (SSSR count). The first-order valence-electron chi connectivity index (χ1n) is 13.1. The number of alkyl halides is 3. The van der Waals surface area contributed by atoms with Gasteiger partial charge in [-0.3, -0.25) is 13.9 Å². The molecular weight excluding hydrogens is 626 g/mol. The number of carbonyl (C=O) groups excluding carboxylic acids is 2. The van der Waals surface area contributed by atoms with E-state index in [9.17, 15) is 31.2 Å². The van der Waals surface area contributed by atoms with Crippen molar-refractivity contribution in [3.63, 3.8) is 0 Å². The predicted octanol–water partition coefficient (Wildman–Crippen LogP) is 6.85. The molecule has 7 nitrogen and oxygen atoms in total. The second-order valence-corrected chi connectivity index (χ2v) is 13.7. The lowest BCUT2D eigenvalue weighted by Crippen LogP contribution is -2.54. The van der Waals surface area contributed by atoms with Crippen molar-refractivity contribution in [2.24, 2.45) is 0 Å². The van der Waals surface area contributed by atoms with E-state index in [1.807, 2.05) is 0 Å². The van der Waals surface area contributed by atoms with Gasteiger partial charge in [-0.2, -0.15) is 13.2 Å². The minimum atomic E-state index is -4.90. The van der Waals surface area contributed by atoms with Crippen molar-refractivity contribution in [1.82, 2.24) is 10.2 Å². The summed E-state index contributed by atoms with van der Waals surface area (Å²) in [5.74, 6) is -1.37. The van der Waals surface area contributed by atoms with Gasteiger partial charge in [0.25, 0.3) is 10.0 Å². The second kappa shape index (κ2) is 13.2. The van der Waals surface area contributed by atoms with Crippen LogP contribution >= 0.6 is 23.2 Å². The van der Waals surface area contributed by atoms with Crippen LogP contribution in [0.1, 0.15) is 44.4 Å². The van der Waals surface area contributed by atoms with E-state index in [0.29, 0.717) is 21.0 Å².